The van der Waals surface area contributed by atoms with Gasteiger partial charge < -0.3 is 28.4 Å². The van der Waals surface area contributed by atoms with Crippen LogP contribution in [0.1, 0.15) is 64.7 Å². The molecular weight excluding hydrogens is 664 g/mol. The summed E-state index contributed by atoms with van der Waals surface area (Å²) in [5, 5.41) is 0. The summed E-state index contributed by atoms with van der Waals surface area (Å²) in [6, 6.07) is 26.5. The molecule has 3 heterocycles. The van der Waals surface area contributed by atoms with E-state index in [1.54, 1.807) is 13.0 Å². The van der Waals surface area contributed by atoms with Crippen molar-refractivity contribution in [2.45, 2.75) is 68.9 Å². The Kier molecular flexibility index (Phi) is 7.01. The molecule has 0 N–H and O–H groups in total. The smallest absolute Gasteiger partial charge is 0.346 e. The molecule has 6 aliphatic rings. The van der Waals surface area contributed by atoms with Gasteiger partial charge in [0.2, 0.25) is 0 Å². The number of fused-ring (bicyclic) bond motifs is 8. The van der Waals surface area contributed by atoms with Gasteiger partial charge in [0, 0.05) is 5.41 Å². The predicted octanol–water partition coefficient (Wildman–Crippen LogP) is 6.95. The molecule has 4 aromatic carbocycles. The number of aryl methyl sites for hydroxylation is 1. The maximum absolute atomic E-state index is 12.5. The number of benzene rings is 4. The van der Waals surface area contributed by atoms with Gasteiger partial charge in [-0.1, -0.05) is 54.6 Å². The van der Waals surface area contributed by atoms with Crippen molar-refractivity contribution in [2.75, 3.05) is 0 Å². The van der Waals surface area contributed by atoms with Crippen molar-refractivity contribution >= 4 is 24.4 Å². The molecule has 2 saturated carbocycles. The van der Waals surface area contributed by atoms with E-state index in [2.05, 4.69) is 65.4 Å². The van der Waals surface area contributed by atoms with Gasteiger partial charge in [-0.15, -0.1) is 0 Å². The van der Waals surface area contributed by atoms with Gasteiger partial charge in [-0.05, 0) is 103 Å². The molecule has 3 aliphatic heterocycles. The van der Waals surface area contributed by atoms with Crippen molar-refractivity contribution in [1.29, 1.82) is 0 Å². The number of cyclic esters (lactones) is 2. The molecule has 0 amide bonds. The summed E-state index contributed by atoms with van der Waals surface area (Å²) in [5.41, 5.74) is 6.11. The van der Waals surface area contributed by atoms with Crippen LogP contribution in [0.4, 0.5) is 0 Å². The van der Waals surface area contributed by atoms with Gasteiger partial charge in [-0.25, -0.2) is 4.79 Å². The SMILES string of the molecule is Cc1cc2c(cc1C(=O)OC=O)Oc1ccc(C3(C4CCC5OC6CC7C(=O)OC(=O)C7CC6OC5C4)c4ccccc4-c4ccccc43)cc1O2. The molecule has 10 nitrogen and oxygen atoms in total. The summed E-state index contributed by atoms with van der Waals surface area (Å²) < 4.78 is 36.0. The van der Waals surface area contributed by atoms with Gasteiger partial charge in [0.25, 0.3) is 0 Å². The number of hydrogen-bond donors (Lipinski definition) is 0. The van der Waals surface area contributed by atoms with E-state index in [1.807, 2.05) is 6.07 Å². The molecule has 0 spiro atoms. The molecule has 0 aromatic heterocycles. The maximum atomic E-state index is 12.5. The van der Waals surface area contributed by atoms with Crippen molar-refractivity contribution in [3.05, 3.63) is 107 Å². The standard InChI is InChI=1S/C42H34O10/c1-21-14-33-36(17-26(21)39(44)47-20-43)48-31-12-10-22(15-34(31)50-33)42(29-8-4-2-6-24(29)25-7-3-5-9-30(25)42)23-11-13-32-35(16-23)51-38-19-28-27(18-37(38)49-32)40(45)52-41(28)46/h2-10,12,14-15,17,20,23,27-28,32,35,37-38H,11,13,16,18-19H2,1H3. The zero-order chi connectivity index (χ0) is 35.3. The van der Waals surface area contributed by atoms with Crippen LogP contribution in [0.25, 0.3) is 11.1 Å². The minimum atomic E-state index is -0.762. The fourth-order valence-electron chi connectivity index (χ4n) is 9.99. The first-order chi connectivity index (χ1) is 25.3. The Labute approximate surface area is 298 Å². The Bertz CT molecular complexity index is 2160. The normalized spacial score (nSPS) is 28.6. The van der Waals surface area contributed by atoms with Crippen LogP contribution in [0.15, 0.2) is 78.9 Å². The molecule has 7 unspecified atom stereocenters. The second kappa shape index (κ2) is 11.6. The van der Waals surface area contributed by atoms with Gasteiger partial charge >= 0.3 is 24.4 Å². The van der Waals surface area contributed by atoms with Crippen LogP contribution in [-0.4, -0.2) is 48.8 Å². The van der Waals surface area contributed by atoms with Gasteiger partial charge in [-0.2, -0.15) is 0 Å². The van der Waals surface area contributed by atoms with Crippen LogP contribution in [0.5, 0.6) is 23.0 Å². The largest absolute Gasteiger partial charge is 0.449 e. The van der Waals surface area contributed by atoms with E-state index in [0.717, 1.165) is 24.8 Å². The average molecular weight is 699 g/mol. The highest BCUT2D eigenvalue weighted by atomic mass is 16.6. The average Bonchev–Trinajstić information content (AvgIpc) is 3.61. The number of hydrogen-bond acceptors (Lipinski definition) is 10. The van der Waals surface area contributed by atoms with Gasteiger partial charge in [-0.3, -0.25) is 14.4 Å². The van der Waals surface area contributed by atoms with Crippen LogP contribution in [0.2, 0.25) is 0 Å². The third-order valence-electron chi connectivity index (χ3n) is 12.2. The molecule has 10 rings (SSSR count). The zero-order valence-corrected chi connectivity index (χ0v) is 28.2. The molecule has 262 valence electrons. The third-order valence-corrected chi connectivity index (χ3v) is 12.2. The Morgan fingerprint density at radius 2 is 1.29 bits per heavy atom. The van der Waals surface area contributed by atoms with Crippen LogP contribution < -0.4 is 9.47 Å². The Hall–Kier alpha value is -5.32. The molecule has 7 atom stereocenters. The lowest BCUT2D eigenvalue weighted by atomic mass is 9.59. The molecule has 4 aromatic rings. The predicted molar refractivity (Wildman–Crippen MR) is 183 cm³/mol. The topological polar surface area (TPSA) is 124 Å². The zero-order valence-electron chi connectivity index (χ0n) is 28.2. The summed E-state index contributed by atoms with van der Waals surface area (Å²) in [7, 11) is 0. The van der Waals surface area contributed by atoms with E-state index < -0.39 is 35.2 Å². The first kappa shape index (κ1) is 31.4. The van der Waals surface area contributed by atoms with Crippen molar-refractivity contribution in [3.8, 4) is 34.1 Å². The number of rotatable bonds is 4. The van der Waals surface area contributed by atoms with E-state index in [-0.39, 0.29) is 42.4 Å². The first-order valence-electron chi connectivity index (χ1n) is 17.9. The monoisotopic (exact) mass is 698 g/mol. The fourth-order valence-corrected chi connectivity index (χ4v) is 9.99. The van der Waals surface area contributed by atoms with Gasteiger partial charge in [0.05, 0.1) is 41.8 Å². The summed E-state index contributed by atoms with van der Waals surface area (Å²) in [4.78, 5) is 48.1. The Morgan fingerprint density at radius 1 is 0.692 bits per heavy atom. The molecule has 0 bridgehead atoms. The summed E-state index contributed by atoms with van der Waals surface area (Å²) in [5.74, 6) is -0.606. The molecule has 10 heteroatoms. The van der Waals surface area contributed by atoms with Gasteiger partial charge in [0.1, 0.15) is 0 Å². The lowest BCUT2D eigenvalue weighted by molar-refractivity contribution is -0.252. The molecule has 52 heavy (non-hydrogen) atoms. The Morgan fingerprint density at radius 3 is 1.98 bits per heavy atom. The molecule has 0 radical (unpaired) electrons. The van der Waals surface area contributed by atoms with Crippen LogP contribution >= 0.6 is 0 Å². The summed E-state index contributed by atoms with van der Waals surface area (Å²) in [6.45, 7) is 1.86. The fraction of sp³-hybridized carbons (Fsp3) is 0.333. The van der Waals surface area contributed by atoms with Crippen molar-refractivity contribution in [3.63, 3.8) is 0 Å². The highest BCUT2D eigenvalue weighted by Gasteiger charge is 2.57. The molecule has 3 aliphatic carbocycles. The van der Waals surface area contributed by atoms with E-state index in [0.29, 0.717) is 41.4 Å². The van der Waals surface area contributed by atoms with E-state index in [4.69, 9.17) is 23.7 Å². The minimum Gasteiger partial charge on any atom is -0.449 e. The van der Waals surface area contributed by atoms with Crippen molar-refractivity contribution in [1.82, 2.24) is 0 Å². The molecule has 2 saturated heterocycles. The lowest BCUT2D eigenvalue weighted by Crippen LogP contribution is -2.56. The quantitative estimate of drug-likeness (QED) is 0.111. The first-order valence-corrected chi connectivity index (χ1v) is 17.9. The minimum absolute atomic E-state index is 0.108. The summed E-state index contributed by atoms with van der Waals surface area (Å²) >= 11 is 0. The van der Waals surface area contributed by atoms with Crippen LogP contribution in [-0.2, 0) is 38.7 Å². The van der Waals surface area contributed by atoms with Crippen LogP contribution in [0, 0.1) is 24.7 Å². The van der Waals surface area contributed by atoms with E-state index in [1.165, 1.54) is 28.3 Å². The second-order valence-electron chi connectivity index (χ2n) is 14.7. The number of carbonyl (C=O) groups is 4. The highest BCUT2D eigenvalue weighted by molar-refractivity contribution is 5.97. The van der Waals surface area contributed by atoms with E-state index >= 15 is 0 Å². The number of carbonyl (C=O) groups excluding carboxylic acids is 4. The van der Waals surface area contributed by atoms with Crippen molar-refractivity contribution in [2.24, 2.45) is 17.8 Å². The number of esters is 3. The lowest BCUT2D eigenvalue weighted by Gasteiger charge is -2.51. The van der Waals surface area contributed by atoms with Gasteiger partial charge in [0.15, 0.2) is 23.0 Å². The summed E-state index contributed by atoms with van der Waals surface area (Å²) in [6.07, 6.45) is 2.43. The second-order valence-corrected chi connectivity index (χ2v) is 14.7. The van der Waals surface area contributed by atoms with Crippen molar-refractivity contribution < 1.29 is 47.6 Å². The van der Waals surface area contributed by atoms with E-state index in [9.17, 15) is 19.2 Å². The molecule has 4 fully saturated rings. The Balaban J connectivity index is 1.04. The maximum Gasteiger partial charge on any atom is 0.346 e. The third kappa shape index (κ3) is 4.50. The molecular formula is C42H34O10. The van der Waals surface area contributed by atoms with Crippen LogP contribution in [0.3, 0.4) is 0 Å². The highest BCUT2D eigenvalue weighted by Crippen LogP contribution is 2.61. The number of ether oxygens (including phenoxy) is 6.